The zero-order chi connectivity index (χ0) is 20.4. The fourth-order valence-electron chi connectivity index (χ4n) is 2.27. The molecule has 0 aliphatic rings. The third-order valence-electron chi connectivity index (χ3n) is 3.56. The van der Waals surface area contributed by atoms with Crippen LogP contribution in [0.2, 0.25) is 5.02 Å². The predicted molar refractivity (Wildman–Crippen MR) is 108 cm³/mol. The van der Waals surface area contributed by atoms with Crippen LogP contribution in [0.1, 0.15) is 5.56 Å². The molecule has 0 fully saturated rings. The Morgan fingerprint density at radius 2 is 1.96 bits per heavy atom. The lowest BCUT2D eigenvalue weighted by Crippen LogP contribution is -2.37. The highest BCUT2D eigenvalue weighted by Gasteiger charge is 2.24. The van der Waals surface area contributed by atoms with Crippen LogP contribution in [0, 0.1) is 17.0 Å². The molecule has 0 saturated heterocycles. The summed E-state index contributed by atoms with van der Waals surface area (Å²) in [5.41, 5.74) is 0.656. The van der Waals surface area contributed by atoms with E-state index < -0.39 is 27.4 Å². The van der Waals surface area contributed by atoms with Gasteiger partial charge in [0.25, 0.3) is 5.69 Å². The smallest absolute Gasteiger partial charge is 0.271 e. The second kappa shape index (κ2) is 8.24. The minimum atomic E-state index is -3.87. The summed E-state index contributed by atoms with van der Waals surface area (Å²) in [4.78, 5) is 22.7. The molecule has 2 aromatic rings. The van der Waals surface area contributed by atoms with Crippen LogP contribution in [-0.4, -0.2) is 32.0 Å². The normalized spacial score (nSPS) is 11.1. The Labute approximate surface area is 169 Å². The lowest BCUT2D eigenvalue weighted by atomic mass is 10.2. The van der Waals surface area contributed by atoms with Gasteiger partial charge in [0.2, 0.25) is 15.9 Å². The van der Waals surface area contributed by atoms with Crippen LogP contribution in [0.5, 0.6) is 0 Å². The summed E-state index contributed by atoms with van der Waals surface area (Å²) in [7, 11) is -3.87. The zero-order valence-corrected chi connectivity index (χ0v) is 17.4. The monoisotopic (exact) mass is 475 g/mol. The molecule has 0 unspecified atom stereocenters. The molecule has 2 rings (SSSR count). The van der Waals surface area contributed by atoms with Gasteiger partial charge < -0.3 is 5.32 Å². The van der Waals surface area contributed by atoms with Crippen molar-refractivity contribution < 1.29 is 18.1 Å². The molecule has 0 spiro atoms. The molecule has 0 aromatic heterocycles. The minimum absolute atomic E-state index is 0.0655. The van der Waals surface area contributed by atoms with E-state index in [4.69, 9.17) is 11.6 Å². The standard InChI is InChI=1S/C16H15BrClN3O5S/c1-10-3-5-12(21(23)24)8-15(10)20(27(2,25)26)9-16(22)19-11-4-6-13(17)14(18)7-11/h3-8H,9H2,1-2H3,(H,19,22). The summed E-state index contributed by atoms with van der Waals surface area (Å²) in [6.07, 6.45) is 0.926. The van der Waals surface area contributed by atoms with Crippen molar-refractivity contribution in [2.24, 2.45) is 0 Å². The number of carbonyl (C=O) groups is 1. The molecular formula is C16H15BrClN3O5S. The van der Waals surface area contributed by atoms with Gasteiger partial charge in [0.1, 0.15) is 6.54 Å². The number of aryl methyl sites for hydroxylation is 1. The van der Waals surface area contributed by atoms with Crippen molar-refractivity contribution in [3.05, 3.63) is 61.6 Å². The fraction of sp³-hybridized carbons (Fsp3) is 0.188. The van der Waals surface area contributed by atoms with Crippen LogP contribution >= 0.6 is 27.5 Å². The van der Waals surface area contributed by atoms with Gasteiger partial charge in [0, 0.05) is 22.3 Å². The number of rotatable bonds is 6. The molecule has 8 nitrogen and oxygen atoms in total. The van der Waals surface area contributed by atoms with E-state index in [-0.39, 0.29) is 11.4 Å². The highest BCUT2D eigenvalue weighted by Crippen LogP contribution is 2.28. The second-order valence-corrected chi connectivity index (χ2v) is 8.84. The SMILES string of the molecule is Cc1ccc([N+](=O)[O-])cc1N(CC(=O)Nc1ccc(Br)c(Cl)c1)S(C)(=O)=O. The highest BCUT2D eigenvalue weighted by atomic mass is 79.9. The van der Waals surface area contributed by atoms with Gasteiger partial charge >= 0.3 is 0 Å². The van der Waals surface area contributed by atoms with Crippen LogP contribution in [0.15, 0.2) is 40.9 Å². The summed E-state index contributed by atoms with van der Waals surface area (Å²) < 4.78 is 25.9. The zero-order valence-electron chi connectivity index (χ0n) is 14.3. The Morgan fingerprint density at radius 1 is 1.30 bits per heavy atom. The number of sulfonamides is 1. The molecule has 0 saturated carbocycles. The number of nitro groups is 1. The first-order valence-corrected chi connectivity index (χ1v) is 10.5. The molecule has 0 heterocycles. The van der Waals surface area contributed by atoms with Gasteiger partial charge in [-0.25, -0.2) is 8.42 Å². The van der Waals surface area contributed by atoms with Crippen molar-refractivity contribution >= 4 is 60.5 Å². The van der Waals surface area contributed by atoms with E-state index in [0.717, 1.165) is 16.6 Å². The Bertz CT molecular complexity index is 1010. The molecule has 0 radical (unpaired) electrons. The van der Waals surface area contributed by atoms with Crippen LogP contribution in [0.3, 0.4) is 0 Å². The third-order valence-corrected chi connectivity index (χ3v) is 5.92. The average molecular weight is 477 g/mol. The number of amides is 1. The number of nitrogens with zero attached hydrogens (tertiary/aromatic N) is 2. The number of hydrogen-bond acceptors (Lipinski definition) is 5. The van der Waals surface area contributed by atoms with Crippen molar-refractivity contribution in [2.75, 3.05) is 22.4 Å². The number of non-ortho nitro benzene ring substituents is 1. The molecule has 0 bridgehead atoms. The number of nitrogens with one attached hydrogen (secondary N) is 1. The maximum Gasteiger partial charge on any atom is 0.271 e. The number of benzene rings is 2. The molecule has 0 aliphatic heterocycles. The summed E-state index contributed by atoms with van der Waals surface area (Å²) in [5.74, 6) is -0.621. The van der Waals surface area contributed by atoms with Gasteiger partial charge in [-0.05, 0) is 46.6 Å². The third kappa shape index (κ3) is 5.41. The van der Waals surface area contributed by atoms with Crippen LogP contribution in [0.4, 0.5) is 17.1 Å². The van der Waals surface area contributed by atoms with E-state index in [2.05, 4.69) is 21.2 Å². The molecule has 144 valence electrons. The van der Waals surface area contributed by atoms with Crippen molar-refractivity contribution in [2.45, 2.75) is 6.92 Å². The minimum Gasteiger partial charge on any atom is -0.324 e. The quantitative estimate of drug-likeness (QED) is 0.505. The fourth-order valence-corrected chi connectivity index (χ4v) is 3.60. The Balaban J connectivity index is 2.33. The lowest BCUT2D eigenvalue weighted by Gasteiger charge is -2.23. The second-order valence-electron chi connectivity index (χ2n) is 5.67. The van der Waals surface area contributed by atoms with Gasteiger partial charge in [-0.1, -0.05) is 17.7 Å². The summed E-state index contributed by atoms with van der Waals surface area (Å²) in [6, 6.07) is 8.56. The number of anilines is 2. The molecule has 1 N–H and O–H groups in total. The first-order chi connectivity index (χ1) is 12.5. The van der Waals surface area contributed by atoms with Crippen molar-refractivity contribution in [3.8, 4) is 0 Å². The molecule has 27 heavy (non-hydrogen) atoms. The maximum atomic E-state index is 12.4. The van der Waals surface area contributed by atoms with Gasteiger partial charge in [-0.2, -0.15) is 0 Å². The van der Waals surface area contributed by atoms with E-state index in [1.165, 1.54) is 18.2 Å². The number of nitro benzene ring substituents is 1. The van der Waals surface area contributed by atoms with E-state index in [9.17, 15) is 23.3 Å². The topological polar surface area (TPSA) is 110 Å². The van der Waals surface area contributed by atoms with E-state index in [0.29, 0.717) is 20.7 Å². The van der Waals surface area contributed by atoms with Gasteiger partial charge in [0.05, 0.1) is 21.9 Å². The first-order valence-electron chi connectivity index (χ1n) is 7.46. The first kappa shape index (κ1) is 21.1. The van der Waals surface area contributed by atoms with Gasteiger partial charge in [-0.3, -0.25) is 19.2 Å². The Morgan fingerprint density at radius 3 is 2.52 bits per heavy atom. The molecule has 0 aliphatic carbocycles. The van der Waals surface area contributed by atoms with Gasteiger partial charge in [0.15, 0.2) is 0 Å². The summed E-state index contributed by atoms with van der Waals surface area (Å²) >= 11 is 9.20. The molecule has 1 amide bonds. The van der Waals surface area contributed by atoms with Gasteiger partial charge in [-0.15, -0.1) is 0 Å². The maximum absolute atomic E-state index is 12.4. The predicted octanol–water partition coefficient (Wildman–Crippen LogP) is 3.72. The lowest BCUT2D eigenvalue weighted by molar-refractivity contribution is -0.384. The molecular weight excluding hydrogens is 462 g/mol. The van der Waals surface area contributed by atoms with Crippen molar-refractivity contribution in [1.82, 2.24) is 0 Å². The highest BCUT2D eigenvalue weighted by molar-refractivity contribution is 9.10. The van der Waals surface area contributed by atoms with Crippen LogP contribution < -0.4 is 9.62 Å². The van der Waals surface area contributed by atoms with Crippen molar-refractivity contribution in [1.29, 1.82) is 0 Å². The largest absolute Gasteiger partial charge is 0.324 e. The molecule has 0 atom stereocenters. The van der Waals surface area contributed by atoms with E-state index >= 15 is 0 Å². The summed E-state index contributed by atoms with van der Waals surface area (Å²) in [6.45, 7) is 1.05. The van der Waals surface area contributed by atoms with Crippen LogP contribution in [-0.2, 0) is 14.8 Å². The van der Waals surface area contributed by atoms with Crippen LogP contribution in [0.25, 0.3) is 0 Å². The van der Waals surface area contributed by atoms with E-state index in [1.807, 2.05) is 0 Å². The summed E-state index contributed by atoms with van der Waals surface area (Å²) in [5, 5.41) is 13.9. The Hall–Kier alpha value is -2.17. The number of carbonyl (C=O) groups excluding carboxylic acids is 1. The molecule has 2 aromatic carbocycles. The molecule has 11 heteroatoms. The van der Waals surface area contributed by atoms with E-state index in [1.54, 1.807) is 19.1 Å². The number of hydrogen-bond donors (Lipinski definition) is 1. The number of halogens is 2. The Kier molecular flexibility index (Phi) is 6.45. The average Bonchev–Trinajstić information content (AvgIpc) is 2.55. The van der Waals surface area contributed by atoms with Crippen molar-refractivity contribution in [3.63, 3.8) is 0 Å².